The number of Topliss-reactive ketones (excluding diaryl/α,β-unsaturated/α-hetero) is 1. The largest absolute Gasteiger partial charge is 0.497 e. The van der Waals surface area contributed by atoms with Gasteiger partial charge in [-0.1, -0.05) is 110 Å². The van der Waals surface area contributed by atoms with Gasteiger partial charge in [0.1, 0.15) is 11.6 Å². The first kappa shape index (κ1) is 35.6. The summed E-state index contributed by atoms with van der Waals surface area (Å²) in [6, 6.07) is 6.89. The second-order valence-corrected chi connectivity index (χ2v) is 10.2. The second-order valence-electron chi connectivity index (χ2n) is 10.2. The van der Waals surface area contributed by atoms with Gasteiger partial charge in [0.25, 0.3) is 0 Å². The molecule has 0 aromatic heterocycles. The molecule has 3 heteroatoms. The number of hydrogen-bond acceptors (Lipinski definition) is 2. The lowest BCUT2D eigenvalue weighted by Gasteiger charge is -2.12. The summed E-state index contributed by atoms with van der Waals surface area (Å²) in [5.41, 5.74) is 3.12. The summed E-state index contributed by atoms with van der Waals surface area (Å²) in [5, 5.41) is 0. The highest BCUT2D eigenvalue weighted by molar-refractivity contribution is 5.99. The van der Waals surface area contributed by atoms with Crippen LogP contribution in [0, 0.1) is 11.7 Å². The molecule has 0 saturated carbocycles. The molecule has 0 fully saturated rings. The van der Waals surface area contributed by atoms with Crippen molar-refractivity contribution in [3.63, 3.8) is 0 Å². The predicted molar refractivity (Wildman–Crippen MR) is 164 cm³/mol. The van der Waals surface area contributed by atoms with Crippen LogP contribution in [0.25, 0.3) is 0 Å². The molecule has 0 aliphatic carbocycles. The van der Waals surface area contributed by atoms with Crippen LogP contribution in [0.4, 0.5) is 4.39 Å². The Kier molecular flexibility index (Phi) is 22.2. The fourth-order valence-electron chi connectivity index (χ4n) is 4.27. The van der Waals surface area contributed by atoms with Crippen molar-refractivity contribution >= 4 is 5.78 Å². The summed E-state index contributed by atoms with van der Waals surface area (Å²) in [4.78, 5) is 12.9. The number of rotatable bonds is 19. The van der Waals surface area contributed by atoms with Crippen molar-refractivity contribution in [2.75, 3.05) is 7.11 Å². The van der Waals surface area contributed by atoms with E-state index in [1.54, 1.807) is 25.3 Å². The maximum Gasteiger partial charge on any atom is 0.162 e. The number of carbonyl (C=O) groups excluding carboxylic acids is 1. The molecule has 0 spiro atoms. The maximum absolute atomic E-state index is 13.1. The minimum absolute atomic E-state index is 0.167. The quantitative estimate of drug-likeness (QED) is 0.0775. The smallest absolute Gasteiger partial charge is 0.162 e. The molecule has 214 valence electrons. The van der Waals surface area contributed by atoms with E-state index in [1.165, 1.54) is 44.1 Å². The van der Waals surface area contributed by atoms with Gasteiger partial charge >= 0.3 is 0 Å². The Morgan fingerprint density at radius 1 is 1.00 bits per heavy atom. The molecule has 0 amide bonds. The Labute approximate surface area is 234 Å². The van der Waals surface area contributed by atoms with Gasteiger partial charge in [-0.3, -0.25) is 4.79 Å². The molecule has 0 aliphatic heterocycles. The zero-order valence-electron chi connectivity index (χ0n) is 25.3. The summed E-state index contributed by atoms with van der Waals surface area (Å²) >= 11 is 0. The third-order valence-corrected chi connectivity index (χ3v) is 6.37. The summed E-state index contributed by atoms with van der Waals surface area (Å²) in [7, 11) is 1.64. The highest BCUT2D eigenvalue weighted by atomic mass is 19.1. The average Bonchev–Trinajstić information content (AvgIpc) is 2.91. The van der Waals surface area contributed by atoms with E-state index in [0.29, 0.717) is 12.3 Å². The van der Waals surface area contributed by atoms with E-state index in [1.807, 2.05) is 24.3 Å². The van der Waals surface area contributed by atoms with Crippen LogP contribution in [0.3, 0.4) is 0 Å². The van der Waals surface area contributed by atoms with Crippen LogP contribution in [-0.2, 0) is 16.0 Å². The van der Waals surface area contributed by atoms with Gasteiger partial charge < -0.3 is 4.74 Å². The van der Waals surface area contributed by atoms with Gasteiger partial charge in [0.2, 0.25) is 0 Å². The van der Waals surface area contributed by atoms with E-state index in [2.05, 4.69) is 47.3 Å². The van der Waals surface area contributed by atoms with E-state index in [-0.39, 0.29) is 11.6 Å². The maximum atomic E-state index is 13.1. The Morgan fingerprint density at radius 2 is 1.63 bits per heavy atom. The summed E-state index contributed by atoms with van der Waals surface area (Å²) in [5.74, 6) is 1.41. The normalized spacial score (nSPS) is 13.0. The van der Waals surface area contributed by atoms with Crippen LogP contribution in [0.15, 0.2) is 72.1 Å². The van der Waals surface area contributed by atoms with Crippen LogP contribution in [0.2, 0.25) is 0 Å². The van der Waals surface area contributed by atoms with E-state index >= 15 is 0 Å². The van der Waals surface area contributed by atoms with Gasteiger partial charge in [-0.15, -0.1) is 0 Å². The number of carbonyl (C=O) groups is 1. The third kappa shape index (κ3) is 17.2. The molecule has 0 bridgehead atoms. The summed E-state index contributed by atoms with van der Waals surface area (Å²) in [6.07, 6.45) is 21.4. The molecule has 1 atom stereocenters. The fourth-order valence-corrected chi connectivity index (χ4v) is 4.27. The van der Waals surface area contributed by atoms with Gasteiger partial charge in [-0.05, 0) is 73.4 Å². The lowest BCUT2D eigenvalue weighted by molar-refractivity contribution is -0.115. The number of halogens is 1. The van der Waals surface area contributed by atoms with Gasteiger partial charge in [0.15, 0.2) is 5.78 Å². The second kappa shape index (κ2) is 23.7. The monoisotopic (exact) mass is 526 g/mol. The molecule has 0 heterocycles. The minimum Gasteiger partial charge on any atom is -0.497 e. The molecule has 38 heavy (non-hydrogen) atoms. The number of hydrogen-bond donors (Lipinski definition) is 0. The molecular weight excluding hydrogens is 471 g/mol. The van der Waals surface area contributed by atoms with E-state index in [4.69, 9.17) is 4.74 Å². The molecule has 1 unspecified atom stereocenters. The highest BCUT2D eigenvalue weighted by Gasteiger charge is 2.13. The van der Waals surface area contributed by atoms with E-state index < -0.39 is 0 Å². The van der Waals surface area contributed by atoms with Crippen LogP contribution < -0.4 is 0 Å². The predicted octanol–water partition coefficient (Wildman–Crippen LogP) is 10.9. The molecule has 1 aromatic rings. The molecule has 0 N–H and O–H groups in total. The summed E-state index contributed by atoms with van der Waals surface area (Å²) < 4.78 is 18.5. The van der Waals surface area contributed by atoms with Gasteiger partial charge in [-0.25, -0.2) is 4.39 Å². The van der Waals surface area contributed by atoms with Crippen LogP contribution in [0.1, 0.15) is 117 Å². The Bertz CT molecular complexity index is 845. The van der Waals surface area contributed by atoms with Crippen molar-refractivity contribution in [2.45, 2.75) is 118 Å². The van der Waals surface area contributed by atoms with Gasteiger partial charge in [-0.2, -0.15) is 0 Å². The zero-order chi connectivity index (χ0) is 28.6. The van der Waals surface area contributed by atoms with E-state index in [0.717, 1.165) is 55.4 Å². The molecule has 0 radical (unpaired) electrons. The van der Waals surface area contributed by atoms with Crippen molar-refractivity contribution in [3.8, 4) is 0 Å². The highest BCUT2D eigenvalue weighted by Crippen LogP contribution is 2.22. The molecule has 1 aromatic carbocycles. The lowest BCUT2D eigenvalue weighted by Crippen LogP contribution is -2.06. The topological polar surface area (TPSA) is 26.3 Å². The molecule has 1 rings (SSSR count). The average molecular weight is 527 g/mol. The molecular formula is C35H55FO2. The van der Waals surface area contributed by atoms with Crippen molar-refractivity contribution in [3.05, 3.63) is 83.4 Å². The molecule has 0 aliphatic rings. The lowest BCUT2D eigenvalue weighted by atomic mass is 9.93. The number of ketones is 1. The first-order chi connectivity index (χ1) is 18.4. The van der Waals surface area contributed by atoms with Crippen molar-refractivity contribution in [1.82, 2.24) is 0 Å². The number of allylic oxidation sites excluding steroid dienone is 6. The standard InChI is InChI=1S/C32H47FO2.C3H8/c1-6-9-19-32(34)31(28(8-3)25-30(35-5)16-7-2)18-15-13-11-10-12-14-17-26(4)24-27-20-22-29(33)23-21-27;1-3-2/h7,16,18,20-23,25-26H,2,6,8-15,17,19,24H2,1,3-5H3;3H2,1-2H3/b28-25+,30-16+,31-18+;. The third-order valence-electron chi connectivity index (χ3n) is 6.37. The zero-order valence-corrected chi connectivity index (χ0v) is 25.3. The van der Waals surface area contributed by atoms with Crippen molar-refractivity contribution in [1.29, 1.82) is 0 Å². The number of ether oxygens (including phenoxy) is 1. The fraction of sp³-hybridized carbons (Fsp3) is 0.571. The van der Waals surface area contributed by atoms with Crippen molar-refractivity contribution in [2.24, 2.45) is 5.92 Å². The number of unbranched alkanes of at least 4 members (excludes halogenated alkanes) is 6. The Balaban J connectivity index is 0.00000434. The van der Waals surface area contributed by atoms with Gasteiger partial charge in [0.05, 0.1) is 7.11 Å². The number of methoxy groups -OCH3 is 1. The van der Waals surface area contributed by atoms with Crippen LogP contribution in [-0.4, -0.2) is 12.9 Å². The molecule has 2 nitrogen and oxygen atoms in total. The minimum atomic E-state index is -0.167. The Morgan fingerprint density at radius 3 is 2.21 bits per heavy atom. The number of benzene rings is 1. The summed E-state index contributed by atoms with van der Waals surface area (Å²) in [6.45, 7) is 14.5. The van der Waals surface area contributed by atoms with Crippen molar-refractivity contribution < 1.29 is 13.9 Å². The first-order valence-electron chi connectivity index (χ1n) is 14.9. The van der Waals surface area contributed by atoms with E-state index in [9.17, 15) is 9.18 Å². The SMILES string of the molecule is C=C\C=C(/C=C(CC)/C(=C\CCCCCCCC(C)Cc1ccc(F)cc1)C(=O)CCCC)OC.CCC. The molecule has 0 saturated heterocycles. The van der Waals surface area contributed by atoms with Crippen LogP contribution >= 0.6 is 0 Å². The van der Waals surface area contributed by atoms with Crippen LogP contribution in [0.5, 0.6) is 0 Å². The Hall–Kier alpha value is -2.42. The van der Waals surface area contributed by atoms with Gasteiger partial charge in [0, 0.05) is 12.0 Å². The first-order valence-corrected chi connectivity index (χ1v) is 14.9.